The van der Waals surface area contributed by atoms with Gasteiger partial charge in [0.05, 0.1) is 4.92 Å². The second kappa shape index (κ2) is 6.05. The van der Waals surface area contributed by atoms with Gasteiger partial charge in [0.1, 0.15) is 11.5 Å². The van der Waals surface area contributed by atoms with E-state index in [2.05, 4.69) is 5.32 Å². The molecule has 0 saturated heterocycles. The maximum Gasteiger partial charge on any atom is 0.327 e. The van der Waals surface area contributed by atoms with Gasteiger partial charge in [-0.15, -0.1) is 0 Å². The van der Waals surface area contributed by atoms with Gasteiger partial charge in [-0.3, -0.25) is 10.1 Å². The molecule has 0 heterocycles. The van der Waals surface area contributed by atoms with Crippen LogP contribution in [0.2, 0.25) is 5.02 Å². The number of nitrogens with one attached hydrogen (secondary N) is 1. The van der Waals surface area contributed by atoms with Gasteiger partial charge in [0.15, 0.2) is 0 Å². The molecule has 0 aromatic heterocycles. The van der Waals surface area contributed by atoms with Crippen molar-refractivity contribution in [1.82, 2.24) is 0 Å². The van der Waals surface area contributed by atoms with Crippen molar-refractivity contribution in [3.8, 4) is 0 Å². The average Bonchev–Trinajstić information content (AvgIpc) is 2.37. The normalized spacial score (nSPS) is 12.0. The van der Waals surface area contributed by atoms with E-state index in [1.807, 2.05) is 0 Å². The van der Waals surface area contributed by atoms with E-state index in [1.165, 1.54) is 0 Å². The Kier molecular flexibility index (Phi) is 4.37. The molecular formula is C14H11ClF2N2O2. The molecule has 0 aliphatic heterocycles. The van der Waals surface area contributed by atoms with E-state index in [0.717, 1.165) is 11.6 Å². The van der Waals surface area contributed by atoms with Gasteiger partial charge >= 0.3 is 5.69 Å². The van der Waals surface area contributed by atoms with E-state index >= 15 is 0 Å². The number of anilines is 1. The molecule has 2 aromatic rings. The fraction of sp³-hybridized carbons (Fsp3) is 0.143. The van der Waals surface area contributed by atoms with Crippen molar-refractivity contribution < 1.29 is 13.7 Å². The van der Waals surface area contributed by atoms with Gasteiger partial charge in [-0.2, -0.15) is 4.39 Å². The highest BCUT2D eigenvalue weighted by molar-refractivity contribution is 6.30. The Labute approximate surface area is 124 Å². The van der Waals surface area contributed by atoms with Crippen LogP contribution in [0.15, 0.2) is 36.4 Å². The van der Waals surface area contributed by atoms with Crippen molar-refractivity contribution >= 4 is 23.0 Å². The van der Waals surface area contributed by atoms with E-state index in [9.17, 15) is 18.9 Å². The first-order valence-corrected chi connectivity index (χ1v) is 6.41. The van der Waals surface area contributed by atoms with Crippen LogP contribution in [0, 0.1) is 21.7 Å². The van der Waals surface area contributed by atoms with E-state index in [-0.39, 0.29) is 5.69 Å². The maximum absolute atomic E-state index is 13.5. The van der Waals surface area contributed by atoms with E-state index in [1.54, 1.807) is 31.2 Å². The summed E-state index contributed by atoms with van der Waals surface area (Å²) in [6.07, 6.45) is 0. The number of rotatable bonds is 4. The second-order valence-corrected chi connectivity index (χ2v) is 4.90. The number of hydrogen-bond donors (Lipinski definition) is 1. The van der Waals surface area contributed by atoms with E-state index in [0.29, 0.717) is 11.1 Å². The van der Waals surface area contributed by atoms with Crippen LogP contribution in [0.4, 0.5) is 20.2 Å². The van der Waals surface area contributed by atoms with Gasteiger partial charge in [-0.25, -0.2) is 4.39 Å². The molecule has 0 radical (unpaired) electrons. The lowest BCUT2D eigenvalue weighted by molar-refractivity contribution is -0.386. The quantitative estimate of drug-likeness (QED) is 0.657. The summed E-state index contributed by atoms with van der Waals surface area (Å²) in [6, 6.07) is 7.78. The van der Waals surface area contributed by atoms with Gasteiger partial charge in [-0.1, -0.05) is 23.7 Å². The summed E-state index contributed by atoms with van der Waals surface area (Å²) in [4.78, 5) is 10.0. The molecule has 0 aliphatic rings. The molecule has 4 nitrogen and oxygen atoms in total. The Morgan fingerprint density at radius 3 is 2.62 bits per heavy atom. The SMILES string of the molecule is CC(Nc1cc(F)cc(F)c1[N+](=O)[O-])c1cccc(Cl)c1. The lowest BCUT2D eigenvalue weighted by Crippen LogP contribution is -2.09. The summed E-state index contributed by atoms with van der Waals surface area (Å²) in [5, 5.41) is 14.1. The highest BCUT2D eigenvalue weighted by Crippen LogP contribution is 2.32. The number of nitro benzene ring substituents is 1. The van der Waals surface area contributed by atoms with Crippen molar-refractivity contribution in [3.63, 3.8) is 0 Å². The number of hydrogen-bond acceptors (Lipinski definition) is 3. The number of halogens is 3. The third-order valence-electron chi connectivity index (χ3n) is 2.93. The van der Waals surface area contributed by atoms with Crippen molar-refractivity contribution in [2.24, 2.45) is 0 Å². The Morgan fingerprint density at radius 1 is 1.29 bits per heavy atom. The predicted molar refractivity (Wildman–Crippen MR) is 76.5 cm³/mol. The summed E-state index contributed by atoms with van der Waals surface area (Å²) >= 11 is 5.87. The van der Waals surface area contributed by atoms with Crippen LogP contribution in [-0.4, -0.2) is 4.92 Å². The van der Waals surface area contributed by atoms with Gasteiger partial charge in [-0.05, 0) is 24.6 Å². The zero-order valence-electron chi connectivity index (χ0n) is 10.9. The second-order valence-electron chi connectivity index (χ2n) is 4.46. The van der Waals surface area contributed by atoms with Crippen LogP contribution < -0.4 is 5.32 Å². The van der Waals surface area contributed by atoms with Crippen LogP contribution in [0.5, 0.6) is 0 Å². The first-order valence-electron chi connectivity index (χ1n) is 6.04. The molecule has 21 heavy (non-hydrogen) atoms. The smallest absolute Gasteiger partial charge is 0.327 e. The van der Waals surface area contributed by atoms with Crippen molar-refractivity contribution in [2.75, 3.05) is 5.32 Å². The van der Waals surface area contributed by atoms with Crippen LogP contribution in [0.3, 0.4) is 0 Å². The predicted octanol–water partition coefficient (Wildman–Crippen LogP) is 4.70. The van der Waals surface area contributed by atoms with Crippen LogP contribution in [-0.2, 0) is 0 Å². The van der Waals surface area contributed by atoms with Crippen molar-refractivity contribution in [3.05, 3.63) is 68.7 Å². The molecule has 0 bridgehead atoms. The summed E-state index contributed by atoms with van der Waals surface area (Å²) in [5.41, 5.74) is -0.267. The standard InChI is InChI=1S/C14H11ClF2N2O2/c1-8(9-3-2-4-10(15)5-9)18-13-7-11(16)6-12(17)14(13)19(20)21/h2-8,18H,1H3. The number of benzene rings is 2. The molecule has 0 saturated carbocycles. The Bertz CT molecular complexity index is 695. The molecule has 2 aromatic carbocycles. The molecule has 0 fully saturated rings. The zero-order valence-corrected chi connectivity index (χ0v) is 11.7. The first kappa shape index (κ1) is 15.2. The lowest BCUT2D eigenvalue weighted by Gasteiger charge is -2.16. The van der Waals surface area contributed by atoms with E-state index in [4.69, 9.17) is 11.6 Å². The molecule has 2 rings (SSSR count). The summed E-state index contributed by atoms with van der Waals surface area (Å²) in [5.74, 6) is -2.11. The summed E-state index contributed by atoms with van der Waals surface area (Å²) in [7, 11) is 0. The van der Waals surface area contributed by atoms with Crippen molar-refractivity contribution in [2.45, 2.75) is 13.0 Å². The molecule has 7 heteroatoms. The first-order chi connectivity index (χ1) is 9.88. The Hall–Kier alpha value is -2.21. The summed E-state index contributed by atoms with van der Waals surface area (Å²) < 4.78 is 26.8. The minimum atomic E-state index is -1.22. The average molecular weight is 313 g/mol. The molecular weight excluding hydrogens is 302 g/mol. The van der Waals surface area contributed by atoms with E-state index < -0.39 is 28.3 Å². The monoisotopic (exact) mass is 312 g/mol. The zero-order chi connectivity index (χ0) is 15.6. The number of nitro groups is 1. The fourth-order valence-corrected chi connectivity index (χ4v) is 2.15. The van der Waals surface area contributed by atoms with Gasteiger partial charge < -0.3 is 5.32 Å². The van der Waals surface area contributed by atoms with Crippen LogP contribution in [0.1, 0.15) is 18.5 Å². The maximum atomic E-state index is 13.5. The molecule has 0 spiro atoms. The number of nitrogens with zero attached hydrogens (tertiary/aromatic N) is 1. The molecule has 0 amide bonds. The van der Waals surface area contributed by atoms with Gasteiger partial charge in [0, 0.05) is 23.2 Å². The third-order valence-corrected chi connectivity index (χ3v) is 3.17. The highest BCUT2D eigenvalue weighted by atomic mass is 35.5. The summed E-state index contributed by atoms with van der Waals surface area (Å²) in [6.45, 7) is 1.71. The molecule has 0 aliphatic carbocycles. The minimum Gasteiger partial charge on any atom is -0.373 e. The molecule has 1 N–H and O–H groups in total. The minimum absolute atomic E-state index is 0.218. The topological polar surface area (TPSA) is 55.2 Å². The lowest BCUT2D eigenvalue weighted by atomic mass is 10.1. The largest absolute Gasteiger partial charge is 0.373 e. The van der Waals surface area contributed by atoms with Crippen LogP contribution >= 0.6 is 11.6 Å². The van der Waals surface area contributed by atoms with Gasteiger partial charge in [0.25, 0.3) is 0 Å². The van der Waals surface area contributed by atoms with Crippen LogP contribution in [0.25, 0.3) is 0 Å². The third kappa shape index (κ3) is 3.46. The van der Waals surface area contributed by atoms with Crippen molar-refractivity contribution in [1.29, 1.82) is 0 Å². The highest BCUT2D eigenvalue weighted by Gasteiger charge is 2.23. The fourth-order valence-electron chi connectivity index (χ4n) is 1.95. The molecule has 1 atom stereocenters. The van der Waals surface area contributed by atoms with Gasteiger partial charge in [0.2, 0.25) is 5.82 Å². The Morgan fingerprint density at radius 2 is 2.00 bits per heavy atom. The molecule has 110 valence electrons. The Balaban J connectivity index is 2.37. The molecule has 1 unspecified atom stereocenters.